The molecular formula is C21H20N3O4-. The number of allylic oxidation sites excluding steroid dienone is 1. The second kappa shape index (κ2) is 6.37. The van der Waals surface area contributed by atoms with Gasteiger partial charge < -0.3 is 15.7 Å². The number of nitro groups is 1. The number of carbonyl (C=O) groups is 1. The fourth-order valence-corrected chi connectivity index (χ4v) is 4.00. The van der Waals surface area contributed by atoms with Gasteiger partial charge in [0.05, 0.1) is 22.3 Å². The maximum Gasteiger partial charge on any atom is 0.269 e. The molecule has 0 fully saturated rings. The summed E-state index contributed by atoms with van der Waals surface area (Å²) in [7, 11) is 0. The Balaban J connectivity index is 1.93. The van der Waals surface area contributed by atoms with Crippen LogP contribution in [-0.4, -0.2) is 10.7 Å². The number of Topliss-reactive ketones (excluding diaryl/α,β-unsaturated/α-hetero) is 1. The number of benzene rings is 2. The molecule has 0 amide bonds. The summed E-state index contributed by atoms with van der Waals surface area (Å²) in [6.45, 7) is 4.06. The summed E-state index contributed by atoms with van der Waals surface area (Å²) in [4.78, 5) is 23.8. The molecule has 7 heteroatoms. The van der Waals surface area contributed by atoms with Crippen molar-refractivity contribution in [2.45, 2.75) is 32.7 Å². The summed E-state index contributed by atoms with van der Waals surface area (Å²) < 4.78 is 0. The highest BCUT2D eigenvalue weighted by Gasteiger charge is 2.39. The molecule has 0 spiro atoms. The molecular weight excluding hydrogens is 358 g/mol. The SMILES string of the molecule is CC1(C)CC(=O)C2=C(C1)Nc1ccccc1N[C@H]2c1cc([N+](=O)[O-])ccc1[O-]. The van der Waals surface area contributed by atoms with Crippen LogP contribution in [0, 0.1) is 15.5 Å². The number of nitrogens with zero attached hydrogens (tertiary/aromatic N) is 1. The Morgan fingerprint density at radius 3 is 2.54 bits per heavy atom. The number of hydrogen-bond acceptors (Lipinski definition) is 6. The van der Waals surface area contributed by atoms with Gasteiger partial charge in [-0.15, -0.1) is 5.75 Å². The van der Waals surface area contributed by atoms with Gasteiger partial charge in [-0.1, -0.05) is 32.0 Å². The van der Waals surface area contributed by atoms with E-state index < -0.39 is 11.0 Å². The van der Waals surface area contributed by atoms with E-state index in [0.717, 1.165) is 17.1 Å². The number of nitro benzene ring substituents is 1. The second-order valence-electron chi connectivity index (χ2n) is 8.06. The number of non-ortho nitro benzene ring substituents is 1. The Labute approximate surface area is 162 Å². The van der Waals surface area contributed by atoms with Crippen molar-refractivity contribution >= 4 is 22.8 Å². The van der Waals surface area contributed by atoms with Crippen molar-refractivity contribution in [2.75, 3.05) is 10.6 Å². The molecule has 2 aromatic rings. The van der Waals surface area contributed by atoms with Crippen LogP contribution < -0.4 is 15.7 Å². The van der Waals surface area contributed by atoms with Crippen LogP contribution in [0.15, 0.2) is 53.7 Å². The molecule has 7 nitrogen and oxygen atoms in total. The van der Waals surface area contributed by atoms with Crippen LogP contribution in [0.25, 0.3) is 0 Å². The molecule has 2 aliphatic rings. The summed E-state index contributed by atoms with van der Waals surface area (Å²) >= 11 is 0. The monoisotopic (exact) mass is 378 g/mol. The molecule has 1 aliphatic heterocycles. The number of fused-ring (bicyclic) bond motifs is 1. The lowest BCUT2D eigenvalue weighted by molar-refractivity contribution is -0.385. The Kier molecular flexibility index (Phi) is 4.10. The second-order valence-corrected chi connectivity index (χ2v) is 8.06. The van der Waals surface area contributed by atoms with Crippen molar-refractivity contribution in [3.63, 3.8) is 0 Å². The number of hydrogen-bond donors (Lipinski definition) is 2. The van der Waals surface area contributed by atoms with Crippen LogP contribution >= 0.6 is 0 Å². The molecule has 28 heavy (non-hydrogen) atoms. The van der Waals surface area contributed by atoms with Gasteiger partial charge in [0.2, 0.25) is 0 Å². The standard InChI is InChI=1S/C21H21N3O4/c1-21(2)10-16-19(18(26)11-21)20(23-15-6-4-3-5-14(15)22-16)13-9-12(24(27)28)7-8-17(13)25/h3-9,20,22-23,25H,10-11H2,1-2H3/p-1/t20-/m0/s1. The first kappa shape index (κ1) is 18.0. The number of para-hydroxylation sites is 2. The lowest BCUT2D eigenvalue weighted by atomic mass is 9.73. The molecule has 144 valence electrons. The van der Waals surface area contributed by atoms with E-state index >= 15 is 0 Å². The zero-order chi connectivity index (χ0) is 20.1. The van der Waals surface area contributed by atoms with Gasteiger partial charge in [0.1, 0.15) is 0 Å². The number of rotatable bonds is 2. The van der Waals surface area contributed by atoms with E-state index in [1.54, 1.807) is 0 Å². The van der Waals surface area contributed by atoms with Gasteiger partial charge in [0.15, 0.2) is 5.78 Å². The molecule has 0 aromatic heterocycles. The first-order chi connectivity index (χ1) is 13.2. The van der Waals surface area contributed by atoms with Crippen molar-refractivity contribution in [2.24, 2.45) is 5.41 Å². The molecule has 1 atom stereocenters. The van der Waals surface area contributed by atoms with Crippen LogP contribution in [0.3, 0.4) is 0 Å². The van der Waals surface area contributed by atoms with Gasteiger partial charge >= 0.3 is 0 Å². The first-order valence-electron chi connectivity index (χ1n) is 9.09. The average molecular weight is 378 g/mol. The molecule has 0 saturated heterocycles. The zero-order valence-corrected chi connectivity index (χ0v) is 15.6. The Hall–Kier alpha value is -3.35. The summed E-state index contributed by atoms with van der Waals surface area (Å²) in [6.07, 6.45) is 0.995. The number of ketones is 1. The molecule has 0 unspecified atom stereocenters. The number of carbonyl (C=O) groups excluding carboxylic acids is 1. The summed E-state index contributed by atoms with van der Waals surface area (Å²) in [5, 5.41) is 30.5. The molecule has 2 aromatic carbocycles. The van der Waals surface area contributed by atoms with E-state index in [0.29, 0.717) is 18.4 Å². The fraction of sp³-hybridized carbons (Fsp3) is 0.286. The highest BCUT2D eigenvalue weighted by molar-refractivity contribution is 6.01. The van der Waals surface area contributed by atoms with Gasteiger partial charge in [-0.05, 0) is 29.5 Å². The van der Waals surface area contributed by atoms with Crippen LogP contribution in [0.1, 0.15) is 38.3 Å². The molecule has 0 bridgehead atoms. The largest absolute Gasteiger partial charge is 0.872 e. The molecule has 1 aliphatic carbocycles. The Bertz CT molecular complexity index is 1030. The number of anilines is 2. The first-order valence-corrected chi connectivity index (χ1v) is 9.09. The summed E-state index contributed by atoms with van der Waals surface area (Å²) in [6, 6.07) is 10.4. The highest BCUT2D eigenvalue weighted by atomic mass is 16.6. The van der Waals surface area contributed by atoms with E-state index in [1.807, 2.05) is 38.1 Å². The van der Waals surface area contributed by atoms with E-state index in [2.05, 4.69) is 10.6 Å². The molecule has 1 heterocycles. The van der Waals surface area contributed by atoms with E-state index in [1.165, 1.54) is 18.2 Å². The van der Waals surface area contributed by atoms with Crippen LogP contribution in [0.2, 0.25) is 0 Å². The predicted molar refractivity (Wildman–Crippen MR) is 104 cm³/mol. The minimum Gasteiger partial charge on any atom is -0.872 e. The van der Waals surface area contributed by atoms with Crippen molar-refractivity contribution < 1.29 is 14.8 Å². The van der Waals surface area contributed by atoms with Crippen molar-refractivity contribution in [1.82, 2.24) is 0 Å². The van der Waals surface area contributed by atoms with Gasteiger partial charge in [-0.2, -0.15) is 0 Å². The maximum atomic E-state index is 13.1. The average Bonchev–Trinajstić information content (AvgIpc) is 2.77. The third kappa shape index (κ3) is 3.09. The van der Waals surface area contributed by atoms with Gasteiger partial charge in [0.25, 0.3) is 5.69 Å². The number of nitrogens with one attached hydrogen (secondary N) is 2. The van der Waals surface area contributed by atoms with Crippen LogP contribution in [0.4, 0.5) is 17.1 Å². The summed E-state index contributed by atoms with van der Waals surface area (Å²) in [5.41, 5.74) is 2.60. The van der Waals surface area contributed by atoms with Crippen molar-refractivity contribution in [3.8, 4) is 5.75 Å². The lowest BCUT2D eigenvalue weighted by Crippen LogP contribution is -2.31. The van der Waals surface area contributed by atoms with E-state index in [9.17, 15) is 20.0 Å². The topological polar surface area (TPSA) is 107 Å². The highest BCUT2D eigenvalue weighted by Crippen LogP contribution is 2.46. The van der Waals surface area contributed by atoms with Crippen molar-refractivity contribution in [3.05, 3.63) is 69.4 Å². The minimum atomic E-state index is -0.748. The van der Waals surface area contributed by atoms with Gasteiger partial charge in [0, 0.05) is 29.8 Å². The zero-order valence-electron chi connectivity index (χ0n) is 15.6. The van der Waals surface area contributed by atoms with Crippen LogP contribution in [0.5, 0.6) is 5.75 Å². The Morgan fingerprint density at radius 1 is 1.11 bits per heavy atom. The molecule has 0 radical (unpaired) electrons. The molecule has 4 rings (SSSR count). The molecule has 2 N–H and O–H groups in total. The predicted octanol–water partition coefficient (Wildman–Crippen LogP) is 3.89. The fourth-order valence-electron chi connectivity index (χ4n) is 4.00. The Morgan fingerprint density at radius 2 is 1.82 bits per heavy atom. The normalized spacial score (nSPS) is 20.4. The molecule has 0 saturated carbocycles. The van der Waals surface area contributed by atoms with Gasteiger partial charge in [-0.3, -0.25) is 14.9 Å². The quantitative estimate of drug-likeness (QED) is 0.606. The third-order valence-corrected chi connectivity index (χ3v) is 5.24. The maximum absolute atomic E-state index is 13.1. The van der Waals surface area contributed by atoms with E-state index in [4.69, 9.17) is 0 Å². The third-order valence-electron chi connectivity index (χ3n) is 5.24. The lowest BCUT2D eigenvalue weighted by Gasteiger charge is -2.35. The van der Waals surface area contributed by atoms with Gasteiger partial charge in [-0.25, -0.2) is 0 Å². The van der Waals surface area contributed by atoms with E-state index in [-0.39, 0.29) is 28.2 Å². The smallest absolute Gasteiger partial charge is 0.269 e. The van der Waals surface area contributed by atoms with Crippen LogP contribution in [-0.2, 0) is 4.79 Å². The minimum absolute atomic E-state index is 0.0602. The summed E-state index contributed by atoms with van der Waals surface area (Å²) in [5.74, 6) is -0.401. The van der Waals surface area contributed by atoms with Crippen molar-refractivity contribution in [1.29, 1.82) is 0 Å².